The number of nitrogens with one attached hydrogen (secondary N) is 1. The molecule has 0 rings (SSSR count). The number of quaternary nitrogens is 1. The number of rotatable bonds is 59. The maximum Gasteiger partial charge on any atom is 0.472 e. The first kappa shape index (κ1) is 74.7. The second kappa shape index (κ2) is 57.0. The van der Waals surface area contributed by atoms with Crippen LogP contribution in [-0.4, -0.2) is 74.3 Å². The third-order valence-corrected chi connectivity index (χ3v) is 15.4. The van der Waals surface area contributed by atoms with E-state index in [-0.39, 0.29) is 31.5 Å². The highest BCUT2D eigenvalue weighted by molar-refractivity contribution is 7.47. The highest BCUT2D eigenvalue weighted by Gasteiger charge is 2.30. The molecule has 450 valence electrons. The fourth-order valence-corrected chi connectivity index (χ4v) is 10.1. The predicted molar refractivity (Wildman–Crippen MR) is 332 cm³/mol. The molecule has 9 nitrogen and oxygen atoms in total. The van der Waals surface area contributed by atoms with Gasteiger partial charge in [0.15, 0.2) is 0 Å². The lowest BCUT2D eigenvalue weighted by atomic mass is 10.0. The van der Waals surface area contributed by atoms with E-state index in [1.165, 1.54) is 186 Å². The van der Waals surface area contributed by atoms with E-state index in [2.05, 4.69) is 74.7 Å². The zero-order valence-corrected chi connectivity index (χ0v) is 52.3. The number of allylic oxidation sites excluding steroid dienone is 9. The summed E-state index contributed by atoms with van der Waals surface area (Å²) in [4.78, 5) is 37.8. The summed E-state index contributed by atoms with van der Waals surface area (Å²) in [6.07, 6.45) is 72.1. The molecule has 0 radical (unpaired) electrons. The molecule has 0 aromatic carbocycles. The van der Waals surface area contributed by atoms with Crippen LogP contribution in [0, 0.1) is 0 Å². The van der Waals surface area contributed by atoms with Gasteiger partial charge < -0.3 is 19.4 Å². The first-order valence-corrected chi connectivity index (χ1v) is 34.1. The van der Waals surface area contributed by atoms with E-state index in [0.29, 0.717) is 17.4 Å². The van der Waals surface area contributed by atoms with Gasteiger partial charge >= 0.3 is 13.8 Å². The molecule has 0 saturated carbocycles. The number of esters is 1. The van der Waals surface area contributed by atoms with Crippen LogP contribution in [0.1, 0.15) is 303 Å². The molecule has 0 aromatic heterocycles. The Kier molecular flexibility index (Phi) is 55.3. The van der Waals surface area contributed by atoms with Crippen molar-refractivity contribution < 1.29 is 37.3 Å². The second-order valence-corrected chi connectivity index (χ2v) is 24.7. The Balaban J connectivity index is 5.19. The molecule has 1 amide bonds. The van der Waals surface area contributed by atoms with Crippen LogP contribution >= 0.6 is 7.82 Å². The number of unbranched alkanes of at least 4 members (excludes halogenated alkanes) is 35. The summed E-state index contributed by atoms with van der Waals surface area (Å²) in [6, 6.07) is -0.853. The van der Waals surface area contributed by atoms with Crippen molar-refractivity contribution in [2.45, 2.75) is 315 Å². The van der Waals surface area contributed by atoms with Crippen LogP contribution in [0.4, 0.5) is 0 Å². The summed E-state index contributed by atoms with van der Waals surface area (Å²) >= 11 is 0. The zero-order valence-electron chi connectivity index (χ0n) is 51.5. The number of hydrogen-bond acceptors (Lipinski definition) is 6. The summed E-state index contributed by atoms with van der Waals surface area (Å²) in [7, 11) is 1.49. The van der Waals surface area contributed by atoms with Crippen LogP contribution < -0.4 is 5.32 Å². The fourth-order valence-electron chi connectivity index (χ4n) is 9.35. The molecule has 0 aliphatic heterocycles. The van der Waals surface area contributed by atoms with E-state index in [0.717, 1.165) is 83.5 Å². The molecular formula is C67H126N2O7P+. The second-order valence-electron chi connectivity index (χ2n) is 23.3. The molecule has 2 N–H and O–H groups in total. The third kappa shape index (κ3) is 58.2. The number of nitrogens with zero attached hydrogens (tertiary/aromatic N) is 1. The number of phosphoric acid groups is 1. The molecule has 0 heterocycles. The van der Waals surface area contributed by atoms with Crippen molar-refractivity contribution in [3.8, 4) is 0 Å². The lowest BCUT2D eigenvalue weighted by molar-refractivity contribution is -0.870. The molecular weight excluding hydrogens is 976 g/mol. The summed E-state index contributed by atoms with van der Waals surface area (Å²) in [5.74, 6) is -0.507. The van der Waals surface area contributed by atoms with Crippen LogP contribution in [0.5, 0.6) is 0 Å². The third-order valence-electron chi connectivity index (χ3n) is 14.4. The smallest absolute Gasteiger partial charge is 0.456 e. The predicted octanol–water partition coefficient (Wildman–Crippen LogP) is 20.2. The average Bonchev–Trinajstić information content (AvgIpc) is 3.39. The standard InChI is InChI=1S/C67H125N2O7P/c1-7-10-13-16-19-22-25-28-30-31-32-33-34-35-36-37-39-42-45-48-51-54-57-60-67(71)76-65(58-55-52-49-46-43-40-27-24-21-18-15-12-9-3)64(63-75-77(72,73)74-62-61-69(4,5)6)68-66(70)59-56-53-50-47-44-41-38-29-26-23-20-17-14-11-8-2/h19,22-23,26,28,30,32-33,55,58,64-65H,7-18,20-21,24-25,27,29,31,34-54,56-57,59-63H2,1-6H3,(H-,68,70,72,73)/p+1/b22-19-,26-23-,30-28-,33-32-,58-55-. The Hall–Kier alpha value is -2.29. The van der Waals surface area contributed by atoms with Crippen LogP contribution in [0.25, 0.3) is 0 Å². The first-order valence-electron chi connectivity index (χ1n) is 32.6. The fraction of sp³-hybridized carbons (Fsp3) is 0.821. The number of hydrogen-bond donors (Lipinski definition) is 2. The average molecular weight is 1100 g/mol. The summed E-state index contributed by atoms with van der Waals surface area (Å²) in [5, 5.41) is 3.06. The number of phosphoric ester groups is 1. The van der Waals surface area contributed by atoms with Gasteiger partial charge in [0.25, 0.3) is 0 Å². The highest BCUT2D eigenvalue weighted by Crippen LogP contribution is 2.43. The van der Waals surface area contributed by atoms with E-state index in [9.17, 15) is 19.0 Å². The van der Waals surface area contributed by atoms with Gasteiger partial charge in [-0.25, -0.2) is 4.57 Å². The Labute approximate surface area is 477 Å². The van der Waals surface area contributed by atoms with Crippen molar-refractivity contribution in [1.82, 2.24) is 5.32 Å². The topological polar surface area (TPSA) is 111 Å². The molecule has 0 aliphatic carbocycles. The van der Waals surface area contributed by atoms with Gasteiger partial charge in [0.1, 0.15) is 19.3 Å². The lowest BCUT2D eigenvalue weighted by Gasteiger charge is -2.27. The number of likely N-dealkylation sites (N-methyl/N-ethyl adjacent to an activating group) is 1. The van der Waals surface area contributed by atoms with Crippen molar-refractivity contribution in [2.75, 3.05) is 40.9 Å². The maximum absolute atomic E-state index is 13.5. The monoisotopic (exact) mass is 1100 g/mol. The molecule has 0 saturated heterocycles. The van der Waals surface area contributed by atoms with Gasteiger partial charge in [0.05, 0.1) is 33.8 Å². The van der Waals surface area contributed by atoms with Crippen molar-refractivity contribution in [3.05, 3.63) is 60.8 Å². The number of amides is 1. The van der Waals surface area contributed by atoms with Crippen molar-refractivity contribution >= 4 is 19.7 Å². The molecule has 3 atom stereocenters. The highest BCUT2D eigenvalue weighted by atomic mass is 31.2. The lowest BCUT2D eigenvalue weighted by Crippen LogP contribution is -2.47. The van der Waals surface area contributed by atoms with Crippen LogP contribution in [-0.2, 0) is 27.9 Å². The minimum absolute atomic E-state index is 0.0383. The molecule has 3 unspecified atom stereocenters. The van der Waals surface area contributed by atoms with Gasteiger partial charge in [-0.1, -0.05) is 255 Å². The molecule has 0 aliphatic rings. The molecule has 0 spiro atoms. The van der Waals surface area contributed by atoms with Gasteiger partial charge in [-0.2, -0.15) is 0 Å². The van der Waals surface area contributed by atoms with Gasteiger partial charge in [-0.15, -0.1) is 0 Å². The number of carbonyl (C=O) groups excluding carboxylic acids is 2. The van der Waals surface area contributed by atoms with Crippen LogP contribution in [0.2, 0.25) is 0 Å². The van der Waals surface area contributed by atoms with Gasteiger partial charge in [0.2, 0.25) is 5.91 Å². The Bertz CT molecular complexity index is 1500. The quantitative estimate of drug-likeness (QED) is 0.0205. The van der Waals surface area contributed by atoms with Crippen molar-refractivity contribution in [3.63, 3.8) is 0 Å². The van der Waals surface area contributed by atoms with Crippen LogP contribution in [0.15, 0.2) is 60.8 Å². The van der Waals surface area contributed by atoms with Crippen molar-refractivity contribution in [1.29, 1.82) is 0 Å². The normalized spacial score (nSPS) is 14.0. The minimum atomic E-state index is -4.45. The Morgan fingerprint density at radius 1 is 0.455 bits per heavy atom. The zero-order chi connectivity index (χ0) is 56.4. The molecule has 10 heteroatoms. The number of ether oxygens (including phenoxy) is 1. The Morgan fingerprint density at radius 3 is 1.23 bits per heavy atom. The van der Waals surface area contributed by atoms with E-state index >= 15 is 0 Å². The van der Waals surface area contributed by atoms with E-state index in [1.54, 1.807) is 0 Å². The van der Waals surface area contributed by atoms with Crippen molar-refractivity contribution in [2.24, 2.45) is 0 Å². The summed E-state index contributed by atoms with van der Waals surface area (Å²) in [5.41, 5.74) is 0. The number of carbonyl (C=O) groups is 2. The first-order chi connectivity index (χ1) is 37.4. The largest absolute Gasteiger partial charge is 0.472 e. The van der Waals surface area contributed by atoms with E-state index in [4.69, 9.17) is 13.8 Å². The molecule has 0 fully saturated rings. The molecule has 77 heavy (non-hydrogen) atoms. The van der Waals surface area contributed by atoms with E-state index < -0.39 is 20.0 Å². The van der Waals surface area contributed by atoms with Gasteiger partial charge in [-0.3, -0.25) is 18.6 Å². The van der Waals surface area contributed by atoms with Crippen LogP contribution in [0.3, 0.4) is 0 Å². The summed E-state index contributed by atoms with van der Waals surface area (Å²) < 4.78 is 30.7. The van der Waals surface area contributed by atoms with Gasteiger partial charge in [0, 0.05) is 12.8 Å². The SMILES string of the molecule is CCCCC/C=C\C/C=C\C/C=C\CCCCCCCCCCCCC(=O)OC(/C=C\CCCCCCCCCCCCC)C(COP(=O)(O)OCC[N+](C)(C)C)NC(=O)CCCCCCCCC/C=C\CCCCCC. The van der Waals surface area contributed by atoms with Gasteiger partial charge in [-0.05, 0) is 96.0 Å². The maximum atomic E-state index is 13.5. The molecule has 0 bridgehead atoms. The Morgan fingerprint density at radius 2 is 0.792 bits per heavy atom. The van der Waals surface area contributed by atoms with E-state index in [1.807, 2.05) is 33.3 Å². The molecule has 0 aromatic rings. The summed E-state index contributed by atoms with van der Waals surface area (Å²) in [6.45, 7) is 6.99. The minimum Gasteiger partial charge on any atom is -0.456 e.